The zero-order chi connectivity index (χ0) is 12.4. The molecule has 1 saturated carbocycles. The maximum Gasteiger partial charge on any atom is 0.0860 e. The van der Waals surface area contributed by atoms with E-state index in [-0.39, 0.29) is 5.54 Å². The van der Waals surface area contributed by atoms with Crippen molar-refractivity contribution in [3.8, 4) is 5.69 Å². The highest BCUT2D eigenvalue weighted by Crippen LogP contribution is 2.35. The first-order chi connectivity index (χ1) is 8.78. The molecule has 1 aliphatic rings. The molecule has 1 aromatic heterocycles. The molecule has 4 nitrogen and oxygen atoms in total. The molecule has 0 spiro atoms. The van der Waals surface area contributed by atoms with Crippen molar-refractivity contribution in [1.29, 1.82) is 0 Å². The predicted molar refractivity (Wildman–Crippen MR) is 70.3 cm³/mol. The van der Waals surface area contributed by atoms with Gasteiger partial charge in [-0.1, -0.05) is 31.4 Å². The summed E-state index contributed by atoms with van der Waals surface area (Å²) in [7, 11) is 0. The minimum Gasteiger partial charge on any atom is -0.321 e. The van der Waals surface area contributed by atoms with E-state index < -0.39 is 0 Å². The van der Waals surface area contributed by atoms with E-state index in [0.29, 0.717) is 0 Å². The molecule has 0 radical (unpaired) electrons. The lowest BCUT2D eigenvalue weighted by Crippen LogP contribution is -2.38. The fourth-order valence-corrected chi connectivity index (χ4v) is 2.76. The standard InChI is InChI=1S/C14H18N4/c15-14(7-2-1-3-8-14)12-5-4-6-13(11-12)18-16-9-10-17-18/h4-6,9-11H,1-3,7-8,15H2. The minimum absolute atomic E-state index is 0.165. The van der Waals surface area contributed by atoms with Crippen molar-refractivity contribution >= 4 is 0 Å². The first kappa shape index (κ1) is 11.4. The number of benzene rings is 1. The van der Waals surface area contributed by atoms with Crippen LogP contribution in [0.15, 0.2) is 36.7 Å². The van der Waals surface area contributed by atoms with Gasteiger partial charge in [0.15, 0.2) is 0 Å². The number of aromatic nitrogens is 3. The van der Waals surface area contributed by atoms with Gasteiger partial charge in [-0.2, -0.15) is 15.0 Å². The summed E-state index contributed by atoms with van der Waals surface area (Å²) in [4.78, 5) is 1.63. The summed E-state index contributed by atoms with van der Waals surface area (Å²) in [5, 5.41) is 8.32. The Morgan fingerprint density at radius 3 is 2.50 bits per heavy atom. The topological polar surface area (TPSA) is 56.7 Å². The second-order valence-electron chi connectivity index (χ2n) is 5.09. The van der Waals surface area contributed by atoms with Gasteiger partial charge in [0.1, 0.15) is 0 Å². The van der Waals surface area contributed by atoms with Crippen LogP contribution >= 0.6 is 0 Å². The van der Waals surface area contributed by atoms with Crippen LogP contribution in [0.25, 0.3) is 5.69 Å². The van der Waals surface area contributed by atoms with E-state index in [4.69, 9.17) is 5.73 Å². The monoisotopic (exact) mass is 242 g/mol. The summed E-state index contributed by atoms with van der Waals surface area (Å²) in [6.45, 7) is 0. The lowest BCUT2D eigenvalue weighted by atomic mass is 9.77. The van der Waals surface area contributed by atoms with Crippen LogP contribution in [-0.4, -0.2) is 15.0 Å². The lowest BCUT2D eigenvalue weighted by Gasteiger charge is -2.34. The highest BCUT2D eigenvalue weighted by molar-refractivity contribution is 5.37. The fourth-order valence-electron chi connectivity index (χ4n) is 2.76. The SMILES string of the molecule is NC1(c2cccc(-n3nccn3)c2)CCCCC1. The molecule has 94 valence electrons. The van der Waals surface area contributed by atoms with Crippen LogP contribution in [0.1, 0.15) is 37.7 Å². The molecule has 2 aromatic rings. The molecule has 1 heterocycles. The summed E-state index contributed by atoms with van der Waals surface area (Å²) in [5.74, 6) is 0. The Kier molecular flexibility index (Phi) is 2.88. The molecular formula is C14H18N4. The predicted octanol–water partition coefficient (Wildman–Crippen LogP) is 2.39. The van der Waals surface area contributed by atoms with E-state index in [9.17, 15) is 0 Å². The number of nitrogens with zero attached hydrogens (tertiary/aromatic N) is 3. The molecule has 3 rings (SSSR count). The third-order valence-corrected chi connectivity index (χ3v) is 3.82. The zero-order valence-corrected chi connectivity index (χ0v) is 10.4. The Hall–Kier alpha value is -1.68. The van der Waals surface area contributed by atoms with Gasteiger partial charge in [-0.15, -0.1) is 0 Å². The van der Waals surface area contributed by atoms with Crippen molar-refractivity contribution in [2.75, 3.05) is 0 Å². The zero-order valence-electron chi connectivity index (χ0n) is 10.4. The largest absolute Gasteiger partial charge is 0.321 e. The smallest absolute Gasteiger partial charge is 0.0860 e. The van der Waals surface area contributed by atoms with Crippen molar-refractivity contribution in [2.45, 2.75) is 37.6 Å². The molecule has 2 N–H and O–H groups in total. The fraction of sp³-hybridized carbons (Fsp3) is 0.429. The highest BCUT2D eigenvalue weighted by Gasteiger charge is 2.29. The molecule has 0 atom stereocenters. The molecule has 0 amide bonds. The van der Waals surface area contributed by atoms with Crippen LogP contribution in [0.4, 0.5) is 0 Å². The van der Waals surface area contributed by atoms with Crippen LogP contribution in [0, 0.1) is 0 Å². The number of hydrogen-bond acceptors (Lipinski definition) is 3. The molecule has 0 saturated heterocycles. The number of hydrogen-bond donors (Lipinski definition) is 1. The van der Waals surface area contributed by atoms with Crippen molar-refractivity contribution < 1.29 is 0 Å². The van der Waals surface area contributed by atoms with Crippen LogP contribution in [0.5, 0.6) is 0 Å². The van der Waals surface area contributed by atoms with Crippen molar-refractivity contribution in [3.63, 3.8) is 0 Å². The van der Waals surface area contributed by atoms with Gasteiger partial charge in [0.2, 0.25) is 0 Å². The summed E-state index contributed by atoms with van der Waals surface area (Å²) in [5.41, 5.74) is 8.57. The van der Waals surface area contributed by atoms with E-state index in [1.807, 2.05) is 12.1 Å². The van der Waals surface area contributed by atoms with Gasteiger partial charge in [0.05, 0.1) is 18.1 Å². The van der Waals surface area contributed by atoms with Gasteiger partial charge in [0, 0.05) is 5.54 Å². The van der Waals surface area contributed by atoms with Crippen molar-refractivity contribution in [3.05, 3.63) is 42.2 Å². The van der Waals surface area contributed by atoms with Crippen LogP contribution in [0.2, 0.25) is 0 Å². The van der Waals surface area contributed by atoms with Crippen molar-refractivity contribution in [2.24, 2.45) is 5.73 Å². The number of rotatable bonds is 2. The van der Waals surface area contributed by atoms with E-state index in [2.05, 4.69) is 22.3 Å². The van der Waals surface area contributed by atoms with Crippen LogP contribution in [-0.2, 0) is 5.54 Å². The molecule has 1 aromatic carbocycles. The summed E-state index contributed by atoms with van der Waals surface area (Å²) in [6, 6.07) is 8.29. The quantitative estimate of drug-likeness (QED) is 0.879. The van der Waals surface area contributed by atoms with Gasteiger partial charge in [-0.3, -0.25) is 0 Å². The maximum absolute atomic E-state index is 6.55. The summed E-state index contributed by atoms with van der Waals surface area (Å²) in [6.07, 6.45) is 9.27. The molecule has 1 fully saturated rings. The Morgan fingerprint density at radius 1 is 1.06 bits per heavy atom. The molecule has 0 unspecified atom stereocenters. The molecule has 4 heteroatoms. The summed E-state index contributed by atoms with van der Waals surface area (Å²) < 4.78 is 0. The van der Waals surface area contributed by atoms with E-state index in [1.165, 1.54) is 24.8 Å². The molecular weight excluding hydrogens is 224 g/mol. The lowest BCUT2D eigenvalue weighted by molar-refractivity contribution is 0.302. The first-order valence-corrected chi connectivity index (χ1v) is 6.54. The third-order valence-electron chi connectivity index (χ3n) is 3.82. The van der Waals surface area contributed by atoms with E-state index >= 15 is 0 Å². The molecule has 1 aliphatic carbocycles. The average Bonchev–Trinajstić information content (AvgIpc) is 2.94. The minimum atomic E-state index is -0.165. The second-order valence-corrected chi connectivity index (χ2v) is 5.09. The van der Waals surface area contributed by atoms with Crippen LogP contribution < -0.4 is 5.73 Å². The van der Waals surface area contributed by atoms with Gasteiger partial charge in [-0.25, -0.2) is 0 Å². The number of nitrogens with two attached hydrogens (primary N) is 1. The molecule has 0 bridgehead atoms. The van der Waals surface area contributed by atoms with E-state index in [1.54, 1.807) is 17.2 Å². The van der Waals surface area contributed by atoms with Crippen LogP contribution in [0.3, 0.4) is 0 Å². The Bertz CT molecular complexity index is 512. The van der Waals surface area contributed by atoms with Gasteiger partial charge >= 0.3 is 0 Å². The van der Waals surface area contributed by atoms with Gasteiger partial charge in [0.25, 0.3) is 0 Å². The normalized spacial score (nSPS) is 18.7. The Balaban J connectivity index is 1.95. The third kappa shape index (κ3) is 2.04. The van der Waals surface area contributed by atoms with Gasteiger partial charge in [-0.05, 0) is 30.5 Å². The maximum atomic E-state index is 6.55. The second kappa shape index (κ2) is 4.53. The first-order valence-electron chi connectivity index (χ1n) is 6.54. The molecule has 0 aliphatic heterocycles. The Morgan fingerprint density at radius 2 is 1.78 bits per heavy atom. The Labute approximate surface area is 107 Å². The highest BCUT2D eigenvalue weighted by atomic mass is 15.5. The molecule has 18 heavy (non-hydrogen) atoms. The van der Waals surface area contributed by atoms with Crippen molar-refractivity contribution in [1.82, 2.24) is 15.0 Å². The summed E-state index contributed by atoms with van der Waals surface area (Å²) >= 11 is 0. The average molecular weight is 242 g/mol. The van der Waals surface area contributed by atoms with E-state index in [0.717, 1.165) is 18.5 Å². The van der Waals surface area contributed by atoms with Gasteiger partial charge < -0.3 is 5.73 Å².